The summed E-state index contributed by atoms with van der Waals surface area (Å²) in [4.78, 5) is 28.5. The summed E-state index contributed by atoms with van der Waals surface area (Å²) in [5, 5.41) is 2.09. The average molecular weight is 322 g/mol. The molecule has 2 aromatic carbocycles. The standard InChI is InChI=1S/C20H22N2O2/c1-4-19(23)22-12-11-21(13-15(22)3)20(24)18-10-9-14(2)16-7-5-6-8-17(16)18/h4-10,15H,1,11-13H2,2-3H3/t15-/m1/s1. The Kier molecular flexibility index (Phi) is 4.38. The Labute approximate surface area is 142 Å². The van der Waals surface area contributed by atoms with E-state index in [0.29, 0.717) is 19.6 Å². The number of piperazine rings is 1. The van der Waals surface area contributed by atoms with Crippen molar-refractivity contribution in [1.29, 1.82) is 0 Å². The van der Waals surface area contributed by atoms with Crippen molar-refractivity contribution < 1.29 is 9.59 Å². The Morgan fingerprint density at radius 1 is 1.12 bits per heavy atom. The van der Waals surface area contributed by atoms with E-state index < -0.39 is 0 Å². The van der Waals surface area contributed by atoms with Gasteiger partial charge in [0.1, 0.15) is 0 Å². The van der Waals surface area contributed by atoms with Gasteiger partial charge in [-0.3, -0.25) is 9.59 Å². The lowest BCUT2D eigenvalue weighted by molar-refractivity contribution is -0.129. The van der Waals surface area contributed by atoms with Gasteiger partial charge in [-0.15, -0.1) is 0 Å². The normalized spacial score (nSPS) is 17.8. The van der Waals surface area contributed by atoms with Crippen LogP contribution in [0.3, 0.4) is 0 Å². The third-order valence-corrected chi connectivity index (χ3v) is 4.74. The molecule has 0 radical (unpaired) electrons. The lowest BCUT2D eigenvalue weighted by Crippen LogP contribution is -2.55. The minimum atomic E-state index is -0.0737. The average Bonchev–Trinajstić information content (AvgIpc) is 2.61. The van der Waals surface area contributed by atoms with Crippen LogP contribution in [0, 0.1) is 6.92 Å². The Balaban J connectivity index is 1.87. The van der Waals surface area contributed by atoms with Gasteiger partial charge in [-0.25, -0.2) is 0 Å². The lowest BCUT2D eigenvalue weighted by atomic mass is 9.99. The summed E-state index contributed by atoms with van der Waals surface area (Å²) in [6.07, 6.45) is 1.33. The zero-order valence-electron chi connectivity index (χ0n) is 14.2. The van der Waals surface area contributed by atoms with Gasteiger partial charge < -0.3 is 9.80 Å². The molecular weight excluding hydrogens is 300 g/mol. The van der Waals surface area contributed by atoms with Crippen LogP contribution in [0.2, 0.25) is 0 Å². The molecule has 124 valence electrons. The van der Waals surface area contributed by atoms with Gasteiger partial charge in [-0.1, -0.05) is 36.9 Å². The second-order valence-electron chi connectivity index (χ2n) is 6.31. The molecule has 1 atom stereocenters. The van der Waals surface area contributed by atoms with E-state index in [1.165, 1.54) is 6.08 Å². The summed E-state index contributed by atoms with van der Waals surface area (Å²) in [5.74, 6) is -0.0425. The summed E-state index contributed by atoms with van der Waals surface area (Å²) < 4.78 is 0. The number of nitrogens with zero attached hydrogens (tertiary/aromatic N) is 2. The van der Waals surface area contributed by atoms with Gasteiger partial charge in [-0.05, 0) is 42.3 Å². The molecule has 0 saturated carbocycles. The number of benzene rings is 2. The number of aryl methyl sites for hydroxylation is 1. The van der Waals surface area contributed by atoms with E-state index in [1.807, 2.05) is 48.2 Å². The van der Waals surface area contributed by atoms with Crippen LogP contribution in [0.4, 0.5) is 0 Å². The van der Waals surface area contributed by atoms with E-state index in [1.54, 1.807) is 4.90 Å². The van der Waals surface area contributed by atoms with Crippen LogP contribution in [0.1, 0.15) is 22.8 Å². The summed E-state index contributed by atoms with van der Waals surface area (Å²) in [6.45, 7) is 9.19. The first-order chi connectivity index (χ1) is 11.5. The van der Waals surface area contributed by atoms with Gasteiger partial charge >= 0.3 is 0 Å². The molecule has 2 aromatic rings. The molecule has 1 heterocycles. The molecule has 4 nitrogen and oxygen atoms in total. The summed E-state index contributed by atoms with van der Waals surface area (Å²) in [7, 11) is 0. The van der Waals surface area contributed by atoms with Crippen LogP contribution in [-0.4, -0.2) is 47.3 Å². The maximum atomic E-state index is 13.0. The fraction of sp³-hybridized carbons (Fsp3) is 0.300. The number of amides is 2. The van der Waals surface area contributed by atoms with Gasteiger partial charge in [0.2, 0.25) is 5.91 Å². The van der Waals surface area contributed by atoms with Crippen molar-refractivity contribution >= 4 is 22.6 Å². The minimum absolute atomic E-state index is 0.00934. The number of rotatable bonds is 2. The van der Waals surface area contributed by atoms with Crippen molar-refractivity contribution in [1.82, 2.24) is 9.80 Å². The predicted molar refractivity (Wildman–Crippen MR) is 96.0 cm³/mol. The molecule has 0 N–H and O–H groups in total. The second kappa shape index (κ2) is 6.48. The van der Waals surface area contributed by atoms with Crippen LogP contribution in [-0.2, 0) is 4.79 Å². The van der Waals surface area contributed by atoms with Crippen LogP contribution in [0.5, 0.6) is 0 Å². The largest absolute Gasteiger partial charge is 0.335 e. The van der Waals surface area contributed by atoms with Gasteiger partial charge in [0.25, 0.3) is 5.91 Å². The SMILES string of the molecule is C=CC(=O)N1CCN(C(=O)c2ccc(C)c3ccccc23)C[C@H]1C. The van der Waals surface area contributed by atoms with Crippen molar-refractivity contribution in [3.8, 4) is 0 Å². The highest BCUT2D eigenvalue weighted by atomic mass is 16.2. The lowest BCUT2D eigenvalue weighted by Gasteiger charge is -2.39. The van der Waals surface area contributed by atoms with Gasteiger partial charge in [0.05, 0.1) is 0 Å². The van der Waals surface area contributed by atoms with Crippen molar-refractivity contribution in [2.75, 3.05) is 19.6 Å². The van der Waals surface area contributed by atoms with E-state index in [9.17, 15) is 9.59 Å². The molecule has 1 aliphatic heterocycles. The number of fused-ring (bicyclic) bond motifs is 1. The fourth-order valence-corrected chi connectivity index (χ4v) is 3.39. The molecule has 0 spiro atoms. The van der Waals surface area contributed by atoms with Gasteiger partial charge in [0, 0.05) is 31.2 Å². The summed E-state index contributed by atoms with van der Waals surface area (Å²) in [6, 6.07) is 11.9. The highest BCUT2D eigenvalue weighted by Crippen LogP contribution is 2.24. The van der Waals surface area contributed by atoms with Crippen LogP contribution in [0.25, 0.3) is 10.8 Å². The van der Waals surface area contributed by atoms with Crippen LogP contribution in [0.15, 0.2) is 49.1 Å². The van der Waals surface area contributed by atoms with Crippen molar-refractivity contribution in [2.45, 2.75) is 19.9 Å². The molecule has 1 fully saturated rings. The Morgan fingerprint density at radius 2 is 1.83 bits per heavy atom. The van der Waals surface area contributed by atoms with E-state index in [0.717, 1.165) is 21.9 Å². The van der Waals surface area contributed by atoms with Crippen LogP contribution >= 0.6 is 0 Å². The molecule has 24 heavy (non-hydrogen) atoms. The first kappa shape index (κ1) is 16.2. The summed E-state index contributed by atoms with van der Waals surface area (Å²) in [5.41, 5.74) is 1.89. The van der Waals surface area contributed by atoms with Gasteiger partial charge in [0.15, 0.2) is 0 Å². The highest BCUT2D eigenvalue weighted by Gasteiger charge is 2.29. The van der Waals surface area contributed by atoms with E-state index in [-0.39, 0.29) is 17.9 Å². The van der Waals surface area contributed by atoms with Crippen LogP contribution < -0.4 is 0 Å². The van der Waals surface area contributed by atoms with Crippen molar-refractivity contribution in [3.05, 3.63) is 60.2 Å². The molecule has 0 aromatic heterocycles. The zero-order chi connectivity index (χ0) is 17.3. The Morgan fingerprint density at radius 3 is 2.50 bits per heavy atom. The molecule has 2 amide bonds. The first-order valence-corrected chi connectivity index (χ1v) is 8.23. The third-order valence-electron chi connectivity index (χ3n) is 4.74. The molecule has 1 aliphatic rings. The Bertz CT molecular complexity index is 812. The molecule has 4 heteroatoms. The highest BCUT2D eigenvalue weighted by molar-refractivity contribution is 6.07. The maximum Gasteiger partial charge on any atom is 0.254 e. The zero-order valence-corrected chi connectivity index (χ0v) is 14.2. The molecule has 3 rings (SSSR count). The predicted octanol–water partition coefficient (Wildman–Crippen LogP) is 3.01. The quantitative estimate of drug-likeness (QED) is 0.798. The number of hydrogen-bond donors (Lipinski definition) is 0. The Hall–Kier alpha value is -2.62. The minimum Gasteiger partial charge on any atom is -0.335 e. The monoisotopic (exact) mass is 322 g/mol. The first-order valence-electron chi connectivity index (χ1n) is 8.23. The fourth-order valence-electron chi connectivity index (χ4n) is 3.39. The van der Waals surface area contributed by atoms with Crippen molar-refractivity contribution in [3.63, 3.8) is 0 Å². The molecular formula is C20H22N2O2. The van der Waals surface area contributed by atoms with Crippen molar-refractivity contribution in [2.24, 2.45) is 0 Å². The molecule has 0 aliphatic carbocycles. The topological polar surface area (TPSA) is 40.6 Å². The molecule has 0 unspecified atom stereocenters. The summed E-state index contributed by atoms with van der Waals surface area (Å²) >= 11 is 0. The van der Waals surface area contributed by atoms with E-state index in [4.69, 9.17) is 0 Å². The maximum absolute atomic E-state index is 13.0. The van der Waals surface area contributed by atoms with E-state index in [2.05, 4.69) is 13.5 Å². The number of carbonyl (C=O) groups is 2. The van der Waals surface area contributed by atoms with E-state index >= 15 is 0 Å². The van der Waals surface area contributed by atoms with Gasteiger partial charge in [-0.2, -0.15) is 0 Å². The molecule has 1 saturated heterocycles. The molecule has 0 bridgehead atoms. The number of hydrogen-bond acceptors (Lipinski definition) is 2. The number of carbonyl (C=O) groups excluding carboxylic acids is 2. The second-order valence-corrected chi connectivity index (χ2v) is 6.31. The third kappa shape index (κ3) is 2.80. The smallest absolute Gasteiger partial charge is 0.254 e.